The minimum Gasteiger partial charge on any atom is -0.337 e. The number of piperidine rings is 1. The van der Waals surface area contributed by atoms with Crippen molar-refractivity contribution in [2.24, 2.45) is 5.92 Å². The zero-order chi connectivity index (χ0) is 18.8. The number of carbonyl (C=O) groups excluding carboxylic acids is 2. The van der Waals surface area contributed by atoms with Crippen molar-refractivity contribution in [2.75, 3.05) is 13.1 Å². The van der Waals surface area contributed by atoms with Gasteiger partial charge in [-0.25, -0.2) is 0 Å². The molecule has 2 saturated heterocycles. The molecule has 0 unspecified atom stereocenters. The van der Waals surface area contributed by atoms with Gasteiger partial charge in [0.25, 0.3) is 0 Å². The molecular formula is C23H32N2O2. The van der Waals surface area contributed by atoms with Gasteiger partial charge in [-0.3, -0.25) is 9.59 Å². The third-order valence-electron chi connectivity index (χ3n) is 7.02. The molecule has 1 saturated carbocycles. The van der Waals surface area contributed by atoms with Crippen LogP contribution in [0.5, 0.6) is 0 Å². The standard InChI is InChI=1S/C23H32N2O2/c1-17(26)24-15-8-7-13-21-22(24)20(18-9-3-2-4-10-18)14-16-25(21)23(27)19-11-5-6-12-19/h2-4,9-10,19-22H,5-8,11-16H2,1H3/t20-,21-,22-/m1/s1. The summed E-state index contributed by atoms with van der Waals surface area (Å²) < 4.78 is 0. The molecule has 2 amide bonds. The fraction of sp³-hybridized carbons (Fsp3) is 0.652. The molecule has 4 nitrogen and oxygen atoms in total. The topological polar surface area (TPSA) is 40.6 Å². The second-order valence-electron chi connectivity index (χ2n) is 8.58. The van der Waals surface area contributed by atoms with E-state index in [0.29, 0.717) is 11.8 Å². The maximum absolute atomic E-state index is 13.3. The number of carbonyl (C=O) groups is 2. The highest BCUT2D eigenvalue weighted by molar-refractivity contribution is 5.80. The van der Waals surface area contributed by atoms with Gasteiger partial charge in [0.05, 0.1) is 12.1 Å². The first-order valence-corrected chi connectivity index (χ1v) is 10.8. The van der Waals surface area contributed by atoms with Gasteiger partial charge in [0.2, 0.25) is 11.8 Å². The van der Waals surface area contributed by atoms with Crippen LogP contribution in [0.3, 0.4) is 0 Å². The number of hydrogen-bond acceptors (Lipinski definition) is 2. The van der Waals surface area contributed by atoms with Gasteiger partial charge in [-0.2, -0.15) is 0 Å². The fourth-order valence-corrected chi connectivity index (χ4v) is 5.72. The van der Waals surface area contributed by atoms with E-state index < -0.39 is 0 Å². The molecule has 4 heteroatoms. The Bertz CT molecular complexity index is 668. The Balaban J connectivity index is 1.67. The Morgan fingerprint density at radius 1 is 0.852 bits per heavy atom. The molecule has 1 aromatic rings. The molecular weight excluding hydrogens is 336 g/mol. The van der Waals surface area contributed by atoms with E-state index in [2.05, 4.69) is 40.1 Å². The first kappa shape index (κ1) is 18.5. The number of likely N-dealkylation sites (tertiary alicyclic amines) is 2. The minimum absolute atomic E-state index is 0.117. The molecule has 27 heavy (non-hydrogen) atoms. The zero-order valence-corrected chi connectivity index (χ0v) is 16.5. The lowest BCUT2D eigenvalue weighted by molar-refractivity contribution is -0.146. The molecule has 0 aromatic heterocycles. The highest BCUT2D eigenvalue weighted by atomic mass is 16.2. The molecule has 3 atom stereocenters. The van der Waals surface area contributed by atoms with Crippen molar-refractivity contribution in [1.82, 2.24) is 9.80 Å². The van der Waals surface area contributed by atoms with Crippen LogP contribution in [0.25, 0.3) is 0 Å². The van der Waals surface area contributed by atoms with Gasteiger partial charge in [-0.1, -0.05) is 43.2 Å². The van der Waals surface area contributed by atoms with Crippen LogP contribution in [0.4, 0.5) is 0 Å². The summed E-state index contributed by atoms with van der Waals surface area (Å²) >= 11 is 0. The molecule has 2 heterocycles. The molecule has 0 N–H and O–H groups in total. The molecule has 1 aliphatic carbocycles. The molecule has 146 valence electrons. The molecule has 0 spiro atoms. The lowest BCUT2D eigenvalue weighted by Gasteiger charge is -2.49. The third-order valence-corrected chi connectivity index (χ3v) is 7.02. The van der Waals surface area contributed by atoms with Crippen LogP contribution in [0, 0.1) is 5.92 Å². The average Bonchev–Trinajstić information content (AvgIpc) is 3.13. The second-order valence-corrected chi connectivity index (χ2v) is 8.58. The summed E-state index contributed by atoms with van der Waals surface area (Å²) in [5.74, 6) is 1.06. The van der Waals surface area contributed by atoms with Gasteiger partial charge in [0.15, 0.2) is 0 Å². The zero-order valence-electron chi connectivity index (χ0n) is 16.5. The van der Waals surface area contributed by atoms with Gasteiger partial charge in [0.1, 0.15) is 0 Å². The third kappa shape index (κ3) is 3.63. The monoisotopic (exact) mass is 368 g/mol. The minimum atomic E-state index is 0.117. The predicted molar refractivity (Wildman–Crippen MR) is 106 cm³/mol. The Hall–Kier alpha value is -1.84. The smallest absolute Gasteiger partial charge is 0.226 e. The summed E-state index contributed by atoms with van der Waals surface area (Å²) in [6, 6.07) is 10.9. The number of amides is 2. The van der Waals surface area contributed by atoms with Gasteiger partial charge in [-0.05, 0) is 44.1 Å². The quantitative estimate of drug-likeness (QED) is 0.793. The molecule has 3 aliphatic rings. The molecule has 0 radical (unpaired) electrons. The van der Waals surface area contributed by atoms with E-state index in [0.717, 1.165) is 51.6 Å². The van der Waals surface area contributed by atoms with Crippen molar-refractivity contribution in [1.29, 1.82) is 0 Å². The SMILES string of the molecule is CC(=O)N1CCCC[C@@H]2[C@H]1[C@@H](c1ccccc1)CCN2C(=O)C1CCCC1. The van der Waals surface area contributed by atoms with E-state index >= 15 is 0 Å². The van der Waals surface area contributed by atoms with Crippen LogP contribution >= 0.6 is 0 Å². The summed E-state index contributed by atoms with van der Waals surface area (Å²) in [5.41, 5.74) is 1.31. The van der Waals surface area contributed by atoms with Crippen molar-refractivity contribution in [3.63, 3.8) is 0 Å². The van der Waals surface area contributed by atoms with Gasteiger partial charge < -0.3 is 9.80 Å². The number of fused-ring (bicyclic) bond motifs is 1. The largest absolute Gasteiger partial charge is 0.337 e. The van der Waals surface area contributed by atoms with E-state index in [1.807, 2.05) is 0 Å². The van der Waals surface area contributed by atoms with Crippen molar-refractivity contribution in [3.05, 3.63) is 35.9 Å². The summed E-state index contributed by atoms with van der Waals surface area (Å²) in [6.07, 6.45) is 8.58. The summed E-state index contributed by atoms with van der Waals surface area (Å²) in [5, 5.41) is 0. The second kappa shape index (κ2) is 8.04. The maximum Gasteiger partial charge on any atom is 0.226 e. The van der Waals surface area contributed by atoms with Gasteiger partial charge in [0, 0.05) is 31.8 Å². The Labute approximate surface area is 162 Å². The lowest BCUT2D eigenvalue weighted by Crippen LogP contribution is -2.60. The average molecular weight is 369 g/mol. The Morgan fingerprint density at radius 2 is 1.56 bits per heavy atom. The van der Waals surface area contributed by atoms with Crippen LogP contribution in [0.1, 0.15) is 69.8 Å². The summed E-state index contributed by atoms with van der Waals surface area (Å²) in [4.78, 5) is 30.1. The van der Waals surface area contributed by atoms with Gasteiger partial charge in [-0.15, -0.1) is 0 Å². The number of hydrogen-bond donors (Lipinski definition) is 0. The van der Waals surface area contributed by atoms with Crippen molar-refractivity contribution in [3.8, 4) is 0 Å². The van der Waals surface area contributed by atoms with Crippen LogP contribution in [0.15, 0.2) is 30.3 Å². The number of rotatable bonds is 2. The van der Waals surface area contributed by atoms with Gasteiger partial charge >= 0.3 is 0 Å². The van der Waals surface area contributed by atoms with E-state index in [1.54, 1.807) is 6.92 Å². The molecule has 1 aromatic carbocycles. The lowest BCUT2D eigenvalue weighted by atomic mass is 9.78. The Morgan fingerprint density at radius 3 is 2.26 bits per heavy atom. The van der Waals surface area contributed by atoms with Crippen LogP contribution < -0.4 is 0 Å². The molecule has 2 aliphatic heterocycles. The van der Waals surface area contributed by atoms with E-state index in [1.165, 1.54) is 18.4 Å². The highest BCUT2D eigenvalue weighted by Gasteiger charge is 2.46. The first-order chi connectivity index (χ1) is 13.2. The highest BCUT2D eigenvalue weighted by Crippen LogP contribution is 2.40. The predicted octanol–water partition coefficient (Wildman–Crippen LogP) is 3.96. The number of nitrogens with zero attached hydrogens (tertiary/aromatic N) is 2. The Kier molecular flexibility index (Phi) is 5.51. The summed E-state index contributed by atoms with van der Waals surface area (Å²) in [7, 11) is 0. The van der Waals surface area contributed by atoms with Crippen molar-refractivity contribution >= 4 is 11.8 Å². The molecule has 0 bridgehead atoms. The van der Waals surface area contributed by atoms with Crippen molar-refractivity contribution in [2.45, 2.75) is 76.3 Å². The van der Waals surface area contributed by atoms with E-state index in [4.69, 9.17) is 0 Å². The van der Waals surface area contributed by atoms with E-state index in [9.17, 15) is 9.59 Å². The number of benzene rings is 1. The maximum atomic E-state index is 13.3. The van der Waals surface area contributed by atoms with Crippen LogP contribution in [-0.2, 0) is 9.59 Å². The van der Waals surface area contributed by atoms with E-state index in [-0.39, 0.29) is 23.9 Å². The fourth-order valence-electron chi connectivity index (χ4n) is 5.72. The molecule has 3 fully saturated rings. The van der Waals surface area contributed by atoms with Crippen molar-refractivity contribution < 1.29 is 9.59 Å². The summed E-state index contributed by atoms with van der Waals surface area (Å²) in [6.45, 7) is 3.36. The van der Waals surface area contributed by atoms with Crippen LogP contribution in [-0.4, -0.2) is 46.8 Å². The first-order valence-electron chi connectivity index (χ1n) is 10.8. The normalized spacial score (nSPS) is 29.3. The van der Waals surface area contributed by atoms with Crippen LogP contribution in [0.2, 0.25) is 0 Å². The molecule has 4 rings (SSSR count).